The van der Waals surface area contributed by atoms with Crippen LogP contribution in [0.15, 0.2) is 12.4 Å². The fourth-order valence-corrected chi connectivity index (χ4v) is 1.90. The Bertz CT molecular complexity index is 395. The topological polar surface area (TPSA) is 64.2 Å². The smallest absolute Gasteiger partial charge is 0.239 e. The van der Waals surface area contributed by atoms with E-state index in [1.807, 2.05) is 17.8 Å². The summed E-state index contributed by atoms with van der Waals surface area (Å²) in [6.07, 6.45) is 4.47. The molecule has 0 spiro atoms. The summed E-state index contributed by atoms with van der Waals surface area (Å²) in [4.78, 5) is 13.7. The maximum Gasteiger partial charge on any atom is 0.239 e. The van der Waals surface area contributed by atoms with Crippen LogP contribution >= 0.6 is 24.8 Å². The van der Waals surface area contributed by atoms with Gasteiger partial charge < -0.3 is 10.6 Å². The lowest BCUT2D eigenvalue weighted by Crippen LogP contribution is -2.42. The lowest BCUT2D eigenvalue weighted by atomic mass is 10.0. The zero-order chi connectivity index (χ0) is 13.7. The zero-order valence-corrected chi connectivity index (χ0v) is 14.2. The standard InChI is InChI=1S/C13H24N4O.2ClH/c1-5-17-9-11(7-15-17)8-16(4)13(18)12(14)6-10(2)3;;/h7,9-10,12H,5-6,8,14H2,1-4H3;2*1H/t12-;;/m0../s1. The second kappa shape index (κ2) is 10.0. The predicted molar refractivity (Wildman–Crippen MR) is 86.3 cm³/mol. The number of aromatic nitrogens is 2. The SMILES string of the molecule is CCn1cc(CN(C)C(=O)[C@@H](N)CC(C)C)cn1.Cl.Cl. The third kappa shape index (κ3) is 6.59. The van der Waals surface area contributed by atoms with Gasteiger partial charge in [-0.2, -0.15) is 5.10 Å². The minimum absolute atomic E-state index is 0. The quantitative estimate of drug-likeness (QED) is 0.871. The molecule has 5 nitrogen and oxygen atoms in total. The molecule has 20 heavy (non-hydrogen) atoms. The van der Waals surface area contributed by atoms with Crippen LogP contribution in [0.3, 0.4) is 0 Å². The first-order valence-corrected chi connectivity index (χ1v) is 6.46. The van der Waals surface area contributed by atoms with Crippen molar-refractivity contribution >= 4 is 30.7 Å². The van der Waals surface area contributed by atoms with Gasteiger partial charge in [-0.05, 0) is 19.3 Å². The molecular formula is C13H26Cl2N4O. The van der Waals surface area contributed by atoms with Crippen molar-refractivity contribution < 1.29 is 4.79 Å². The second-order valence-electron chi connectivity index (χ2n) is 5.13. The lowest BCUT2D eigenvalue weighted by molar-refractivity contribution is -0.132. The summed E-state index contributed by atoms with van der Waals surface area (Å²) in [5, 5.41) is 4.19. The first kappa shape index (κ1) is 21.5. The molecule has 118 valence electrons. The van der Waals surface area contributed by atoms with E-state index in [1.54, 1.807) is 18.1 Å². The van der Waals surface area contributed by atoms with Crippen LogP contribution in [0.1, 0.15) is 32.8 Å². The van der Waals surface area contributed by atoms with Gasteiger partial charge in [-0.25, -0.2) is 0 Å². The van der Waals surface area contributed by atoms with Crippen molar-refractivity contribution in [1.82, 2.24) is 14.7 Å². The molecule has 0 bridgehead atoms. The van der Waals surface area contributed by atoms with Crippen molar-refractivity contribution in [3.05, 3.63) is 18.0 Å². The fraction of sp³-hybridized carbons (Fsp3) is 0.692. The Labute approximate surface area is 133 Å². The molecule has 2 N–H and O–H groups in total. The van der Waals surface area contributed by atoms with Gasteiger partial charge in [-0.3, -0.25) is 9.48 Å². The van der Waals surface area contributed by atoms with Gasteiger partial charge in [0.15, 0.2) is 0 Å². The molecule has 0 saturated carbocycles. The molecular weight excluding hydrogens is 299 g/mol. The summed E-state index contributed by atoms with van der Waals surface area (Å²) < 4.78 is 1.85. The van der Waals surface area contributed by atoms with E-state index in [-0.39, 0.29) is 30.7 Å². The number of rotatable bonds is 6. The largest absolute Gasteiger partial charge is 0.340 e. The molecule has 0 aliphatic rings. The van der Waals surface area contributed by atoms with Gasteiger partial charge in [-0.1, -0.05) is 13.8 Å². The highest BCUT2D eigenvalue weighted by atomic mass is 35.5. The highest BCUT2D eigenvalue weighted by molar-refractivity contribution is 5.85. The van der Waals surface area contributed by atoms with Crippen molar-refractivity contribution in [3.8, 4) is 0 Å². The molecule has 0 fully saturated rings. The Morgan fingerprint density at radius 2 is 2.05 bits per heavy atom. The molecule has 7 heteroatoms. The second-order valence-corrected chi connectivity index (χ2v) is 5.13. The maximum atomic E-state index is 12.0. The summed E-state index contributed by atoms with van der Waals surface area (Å²) in [6.45, 7) is 7.57. The average molecular weight is 325 g/mol. The van der Waals surface area contributed by atoms with E-state index >= 15 is 0 Å². The molecule has 1 aromatic rings. The van der Waals surface area contributed by atoms with Crippen LogP contribution in [0.5, 0.6) is 0 Å². The van der Waals surface area contributed by atoms with Crippen molar-refractivity contribution in [2.45, 2.75) is 46.3 Å². The molecule has 0 unspecified atom stereocenters. The van der Waals surface area contributed by atoms with Crippen molar-refractivity contribution in [2.24, 2.45) is 11.7 Å². The molecule has 0 aliphatic carbocycles. The van der Waals surface area contributed by atoms with Crippen molar-refractivity contribution in [1.29, 1.82) is 0 Å². The minimum atomic E-state index is -0.406. The van der Waals surface area contributed by atoms with Crippen LogP contribution in [-0.4, -0.2) is 33.7 Å². The number of carbonyl (C=O) groups excluding carboxylic acids is 1. The molecule has 1 aromatic heterocycles. The lowest BCUT2D eigenvalue weighted by Gasteiger charge is -2.21. The van der Waals surface area contributed by atoms with Crippen LogP contribution in [0.2, 0.25) is 0 Å². The van der Waals surface area contributed by atoms with E-state index in [9.17, 15) is 4.79 Å². The fourth-order valence-electron chi connectivity index (χ4n) is 1.90. The van der Waals surface area contributed by atoms with Gasteiger partial charge in [0.2, 0.25) is 5.91 Å². The van der Waals surface area contributed by atoms with Crippen LogP contribution in [-0.2, 0) is 17.9 Å². The molecule has 1 amide bonds. The third-order valence-electron chi connectivity index (χ3n) is 2.85. The Morgan fingerprint density at radius 1 is 1.45 bits per heavy atom. The van der Waals surface area contributed by atoms with E-state index in [4.69, 9.17) is 5.73 Å². The predicted octanol–water partition coefficient (Wildman–Crippen LogP) is 2.08. The first-order valence-electron chi connectivity index (χ1n) is 6.46. The summed E-state index contributed by atoms with van der Waals surface area (Å²) in [6, 6.07) is -0.406. The van der Waals surface area contributed by atoms with E-state index in [0.717, 1.165) is 18.5 Å². The van der Waals surface area contributed by atoms with Gasteiger partial charge >= 0.3 is 0 Å². The minimum Gasteiger partial charge on any atom is -0.340 e. The molecule has 1 heterocycles. The molecule has 0 saturated heterocycles. The Kier molecular flexibility index (Phi) is 10.8. The van der Waals surface area contributed by atoms with Gasteiger partial charge in [0.05, 0.1) is 12.2 Å². The van der Waals surface area contributed by atoms with Crippen LogP contribution in [0.25, 0.3) is 0 Å². The number of hydrogen-bond donors (Lipinski definition) is 1. The molecule has 1 rings (SSSR count). The van der Waals surface area contributed by atoms with Crippen LogP contribution in [0.4, 0.5) is 0 Å². The maximum absolute atomic E-state index is 12.0. The number of hydrogen-bond acceptors (Lipinski definition) is 3. The average Bonchev–Trinajstić information content (AvgIpc) is 2.74. The number of likely N-dealkylation sites (N-methyl/N-ethyl adjacent to an activating group) is 1. The van der Waals surface area contributed by atoms with E-state index in [0.29, 0.717) is 12.5 Å². The number of nitrogens with two attached hydrogens (primary N) is 1. The summed E-state index contributed by atoms with van der Waals surface area (Å²) >= 11 is 0. The molecule has 0 aliphatic heterocycles. The van der Waals surface area contributed by atoms with Crippen molar-refractivity contribution in [3.63, 3.8) is 0 Å². The van der Waals surface area contributed by atoms with Gasteiger partial charge in [-0.15, -0.1) is 24.8 Å². The van der Waals surface area contributed by atoms with Crippen LogP contribution in [0, 0.1) is 5.92 Å². The van der Waals surface area contributed by atoms with E-state index in [2.05, 4.69) is 18.9 Å². The summed E-state index contributed by atoms with van der Waals surface area (Å²) in [5.41, 5.74) is 6.92. The van der Waals surface area contributed by atoms with Crippen LogP contribution < -0.4 is 5.73 Å². The van der Waals surface area contributed by atoms with Crippen molar-refractivity contribution in [2.75, 3.05) is 7.05 Å². The van der Waals surface area contributed by atoms with Gasteiger partial charge in [0.1, 0.15) is 0 Å². The molecule has 0 aromatic carbocycles. The van der Waals surface area contributed by atoms with E-state index in [1.165, 1.54) is 0 Å². The number of amides is 1. The molecule has 1 atom stereocenters. The number of carbonyl (C=O) groups is 1. The summed E-state index contributed by atoms with van der Waals surface area (Å²) in [7, 11) is 1.78. The Hall–Kier alpha value is -0.780. The highest BCUT2D eigenvalue weighted by Crippen LogP contribution is 2.08. The number of halogens is 2. The summed E-state index contributed by atoms with van der Waals surface area (Å²) in [5.74, 6) is 0.424. The van der Waals surface area contributed by atoms with E-state index < -0.39 is 6.04 Å². The Balaban J connectivity index is 0. The van der Waals surface area contributed by atoms with Gasteiger partial charge in [0.25, 0.3) is 0 Å². The zero-order valence-electron chi connectivity index (χ0n) is 12.6. The molecule has 0 radical (unpaired) electrons. The highest BCUT2D eigenvalue weighted by Gasteiger charge is 2.19. The monoisotopic (exact) mass is 324 g/mol. The third-order valence-corrected chi connectivity index (χ3v) is 2.85. The number of nitrogens with zero attached hydrogens (tertiary/aromatic N) is 3. The van der Waals surface area contributed by atoms with Gasteiger partial charge in [0, 0.05) is 31.9 Å². The normalized spacial score (nSPS) is 11.5. The Morgan fingerprint density at radius 3 is 2.50 bits per heavy atom. The number of aryl methyl sites for hydroxylation is 1. The first-order chi connectivity index (χ1) is 8.43.